The summed E-state index contributed by atoms with van der Waals surface area (Å²) < 4.78 is 5.15. The highest BCUT2D eigenvalue weighted by Gasteiger charge is 2.04. The number of benzene rings is 1. The summed E-state index contributed by atoms with van der Waals surface area (Å²) in [6, 6.07) is 8.91. The summed E-state index contributed by atoms with van der Waals surface area (Å²) in [5.41, 5.74) is 1.37. The quantitative estimate of drug-likeness (QED) is 0.848. The maximum absolute atomic E-state index is 11.6. The van der Waals surface area contributed by atoms with Crippen LogP contribution in [0.15, 0.2) is 35.1 Å². The molecule has 18 heavy (non-hydrogen) atoms. The van der Waals surface area contributed by atoms with E-state index in [9.17, 15) is 4.79 Å². The summed E-state index contributed by atoms with van der Waals surface area (Å²) in [5, 5.41) is 2.97. The monoisotopic (exact) mass is 245 g/mol. The van der Waals surface area contributed by atoms with E-state index in [1.54, 1.807) is 7.11 Å². The first-order chi connectivity index (χ1) is 8.72. The van der Waals surface area contributed by atoms with Crippen molar-refractivity contribution in [2.24, 2.45) is 0 Å². The van der Waals surface area contributed by atoms with E-state index in [2.05, 4.69) is 15.3 Å². The molecule has 0 bridgehead atoms. The van der Waals surface area contributed by atoms with Gasteiger partial charge in [0.1, 0.15) is 11.6 Å². The Balaban J connectivity index is 2.45. The largest absolute Gasteiger partial charge is 0.497 e. The fourth-order valence-corrected chi connectivity index (χ4v) is 1.69. The number of rotatable bonds is 4. The van der Waals surface area contributed by atoms with E-state index in [-0.39, 0.29) is 5.56 Å². The van der Waals surface area contributed by atoms with Crippen LogP contribution in [0, 0.1) is 0 Å². The third kappa shape index (κ3) is 2.75. The number of methoxy groups -OCH3 is 1. The summed E-state index contributed by atoms with van der Waals surface area (Å²) in [6.07, 6.45) is 0. The molecule has 2 rings (SSSR count). The van der Waals surface area contributed by atoms with Crippen LogP contribution in [0.5, 0.6) is 5.75 Å². The molecule has 0 atom stereocenters. The molecule has 0 fully saturated rings. The molecule has 0 aliphatic rings. The lowest BCUT2D eigenvalue weighted by Crippen LogP contribution is -2.14. The molecule has 1 heterocycles. The van der Waals surface area contributed by atoms with Crippen molar-refractivity contribution in [3.8, 4) is 17.1 Å². The zero-order valence-electron chi connectivity index (χ0n) is 10.4. The SMILES string of the molecule is CNCc1cc(=O)[nH]c(-c2cccc(OC)c2)n1. The number of hydrogen-bond donors (Lipinski definition) is 2. The van der Waals surface area contributed by atoms with E-state index in [1.165, 1.54) is 6.07 Å². The first-order valence-electron chi connectivity index (χ1n) is 5.62. The van der Waals surface area contributed by atoms with Crippen LogP contribution in [0.4, 0.5) is 0 Å². The predicted molar refractivity (Wildman–Crippen MR) is 69.6 cm³/mol. The van der Waals surface area contributed by atoms with Gasteiger partial charge < -0.3 is 15.0 Å². The minimum atomic E-state index is -0.159. The Morgan fingerprint density at radius 3 is 2.94 bits per heavy atom. The number of nitrogens with one attached hydrogen (secondary N) is 2. The first kappa shape index (κ1) is 12.3. The summed E-state index contributed by atoms with van der Waals surface area (Å²) in [7, 11) is 3.42. The Hall–Kier alpha value is -2.14. The van der Waals surface area contributed by atoms with Crippen molar-refractivity contribution in [3.63, 3.8) is 0 Å². The Bertz CT molecular complexity index is 593. The molecule has 0 radical (unpaired) electrons. The van der Waals surface area contributed by atoms with E-state index in [1.807, 2.05) is 31.3 Å². The van der Waals surface area contributed by atoms with Crippen LogP contribution in [0.3, 0.4) is 0 Å². The normalized spacial score (nSPS) is 10.3. The Morgan fingerprint density at radius 2 is 2.22 bits per heavy atom. The van der Waals surface area contributed by atoms with Crippen molar-refractivity contribution < 1.29 is 4.74 Å². The Labute approximate surface area is 105 Å². The smallest absolute Gasteiger partial charge is 0.251 e. The fraction of sp³-hybridized carbons (Fsp3) is 0.231. The van der Waals surface area contributed by atoms with Gasteiger partial charge in [-0.15, -0.1) is 0 Å². The molecule has 2 N–H and O–H groups in total. The molecule has 2 aromatic rings. The van der Waals surface area contributed by atoms with Crippen molar-refractivity contribution in [1.82, 2.24) is 15.3 Å². The molecule has 5 nitrogen and oxygen atoms in total. The zero-order chi connectivity index (χ0) is 13.0. The van der Waals surface area contributed by atoms with Crippen LogP contribution in [-0.2, 0) is 6.54 Å². The van der Waals surface area contributed by atoms with Crippen LogP contribution >= 0.6 is 0 Å². The molecule has 94 valence electrons. The van der Waals surface area contributed by atoms with Gasteiger partial charge in [0.2, 0.25) is 0 Å². The minimum absolute atomic E-state index is 0.159. The highest BCUT2D eigenvalue weighted by atomic mass is 16.5. The third-order valence-electron chi connectivity index (χ3n) is 2.50. The van der Waals surface area contributed by atoms with Crippen LogP contribution in [0.1, 0.15) is 5.69 Å². The Kier molecular flexibility index (Phi) is 3.74. The lowest BCUT2D eigenvalue weighted by atomic mass is 10.2. The second-order valence-corrected chi connectivity index (χ2v) is 3.85. The lowest BCUT2D eigenvalue weighted by Gasteiger charge is -2.05. The zero-order valence-corrected chi connectivity index (χ0v) is 10.4. The van der Waals surface area contributed by atoms with Gasteiger partial charge in [-0.2, -0.15) is 0 Å². The van der Waals surface area contributed by atoms with Gasteiger partial charge in [-0.25, -0.2) is 4.98 Å². The lowest BCUT2D eigenvalue weighted by molar-refractivity contribution is 0.415. The molecule has 0 unspecified atom stereocenters. The number of aromatic amines is 1. The van der Waals surface area contributed by atoms with E-state index < -0.39 is 0 Å². The van der Waals surface area contributed by atoms with Gasteiger partial charge in [0.05, 0.1) is 12.8 Å². The van der Waals surface area contributed by atoms with Gasteiger partial charge in [0, 0.05) is 18.2 Å². The average Bonchev–Trinajstić information content (AvgIpc) is 2.38. The highest BCUT2D eigenvalue weighted by Crippen LogP contribution is 2.19. The number of aromatic nitrogens is 2. The molecular weight excluding hydrogens is 230 g/mol. The van der Waals surface area contributed by atoms with Crippen molar-refractivity contribution in [2.75, 3.05) is 14.2 Å². The van der Waals surface area contributed by atoms with Crippen LogP contribution in [-0.4, -0.2) is 24.1 Å². The van der Waals surface area contributed by atoms with E-state index in [4.69, 9.17) is 4.74 Å². The molecule has 0 aliphatic heterocycles. The van der Waals surface area contributed by atoms with Crippen LogP contribution < -0.4 is 15.6 Å². The molecule has 0 saturated carbocycles. The van der Waals surface area contributed by atoms with Crippen molar-refractivity contribution >= 4 is 0 Å². The summed E-state index contributed by atoms with van der Waals surface area (Å²) >= 11 is 0. The van der Waals surface area contributed by atoms with Gasteiger partial charge in [-0.3, -0.25) is 4.79 Å². The summed E-state index contributed by atoms with van der Waals surface area (Å²) in [6.45, 7) is 0.556. The standard InChI is InChI=1S/C13H15N3O2/c1-14-8-10-7-12(17)16-13(15-10)9-4-3-5-11(6-9)18-2/h3-7,14H,8H2,1-2H3,(H,15,16,17). The van der Waals surface area contributed by atoms with E-state index >= 15 is 0 Å². The Morgan fingerprint density at radius 1 is 1.39 bits per heavy atom. The van der Waals surface area contributed by atoms with Crippen LogP contribution in [0.2, 0.25) is 0 Å². The van der Waals surface area contributed by atoms with Gasteiger partial charge in [-0.1, -0.05) is 12.1 Å². The second-order valence-electron chi connectivity index (χ2n) is 3.85. The van der Waals surface area contributed by atoms with Crippen LogP contribution in [0.25, 0.3) is 11.4 Å². The van der Waals surface area contributed by atoms with Gasteiger partial charge in [0.25, 0.3) is 5.56 Å². The average molecular weight is 245 g/mol. The van der Waals surface area contributed by atoms with Gasteiger partial charge >= 0.3 is 0 Å². The predicted octanol–water partition coefficient (Wildman–Crippen LogP) is 1.16. The number of nitrogens with zero attached hydrogens (tertiary/aromatic N) is 1. The second kappa shape index (κ2) is 5.46. The number of H-pyrrole nitrogens is 1. The van der Waals surface area contributed by atoms with E-state index in [0.29, 0.717) is 18.1 Å². The molecule has 0 amide bonds. The van der Waals surface area contributed by atoms with Crippen molar-refractivity contribution in [3.05, 3.63) is 46.4 Å². The summed E-state index contributed by atoms with van der Waals surface area (Å²) in [5.74, 6) is 1.28. The van der Waals surface area contributed by atoms with E-state index in [0.717, 1.165) is 11.3 Å². The van der Waals surface area contributed by atoms with Crippen molar-refractivity contribution in [1.29, 1.82) is 0 Å². The highest BCUT2D eigenvalue weighted by molar-refractivity contribution is 5.57. The molecular formula is C13H15N3O2. The topological polar surface area (TPSA) is 67.0 Å². The van der Waals surface area contributed by atoms with Gasteiger partial charge in [-0.05, 0) is 19.2 Å². The molecule has 0 aliphatic carbocycles. The number of ether oxygens (including phenoxy) is 1. The molecule has 0 spiro atoms. The third-order valence-corrected chi connectivity index (χ3v) is 2.50. The van der Waals surface area contributed by atoms with Crippen molar-refractivity contribution in [2.45, 2.75) is 6.54 Å². The number of hydrogen-bond acceptors (Lipinski definition) is 4. The summed E-state index contributed by atoms with van der Waals surface area (Å²) in [4.78, 5) is 18.7. The molecule has 1 aromatic heterocycles. The molecule has 1 aromatic carbocycles. The maximum atomic E-state index is 11.6. The molecule has 5 heteroatoms. The first-order valence-corrected chi connectivity index (χ1v) is 5.62. The van der Waals surface area contributed by atoms with Gasteiger partial charge in [0.15, 0.2) is 0 Å². The fourth-order valence-electron chi connectivity index (χ4n) is 1.69. The molecule has 0 saturated heterocycles. The minimum Gasteiger partial charge on any atom is -0.497 e. The maximum Gasteiger partial charge on any atom is 0.251 e.